The van der Waals surface area contributed by atoms with Crippen molar-refractivity contribution in [2.45, 2.75) is 46.7 Å². The summed E-state index contributed by atoms with van der Waals surface area (Å²) in [6.07, 6.45) is 3.63. The molecule has 5 nitrogen and oxygen atoms in total. The van der Waals surface area contributed by atoms with Crippen molar-refractivity contribution in [3.05, 3.63) is 18.0 Å². The summed E-state index contributed by atoms with van der Waals surface area (Å²) in [6.45, 7) is 11.3. The fraction of sp³-hybridized carbons (Fsp3) is 0.714. The van der Waals surface area contributed by atoms with Crippen molar-refractivity contribution in [3.8, 4) is 0 Å². The molecule has 1 aromatic rings. The number of ether oxygens (including phenoxy) is 1. The second-order valence-electron chi connectivity index (χ2n) is 5.33. The van der Waals surface area contributed by atoms with Gasteiger partial charge in [0.1, 0.15) is 6.04 Å². The summed E-state index contributed by atoms with van der Waals surface area (Å²) in [4.78, 5) is 12.0. The van der Waals surface area contributed by atoms with Crippen molar-refractivity contribution >= 4 is 5.97 Å². The summed E-state index contributed by atoms with van der Waals surface area (Å²) >= 11 is 0. The monoisotopic (exact) mass is 267 g/mol. The maximum atomic E-state index is 12.0. The number of carbonyl (C=O) groups excluding carboxylic acids is 1. The molecular formula is C14H25N3O2. The Morgan fingerprint density at radius 3 is 2.58 bits per heavy atom. The lowest BCUT2D eigenvalue weighted by Gasteiger charge is -2.17. The van der Waals surface area contributed by atoms with E-state index in [0.29, 0.717) is 12.5 Å². The van der Waals surface area contributed by atoms with Crippen LogP contribution in [0.4, 0.5) is 0 Å². The van der Waals surface area contributed by atoms with Crippen LogP contribution in [-0.4, -0.2) is 28.9 Å². The first kappa shape index (κ1) is 15.7. The zero-order chi connectivity index (χ0) is 14.4. The molecule has 1 unspecified atom stereocenters. The topological polar surface area (TPSA) is 56.1 Å². The molecule has 0 spiro atoms. The van der Waals surface area contributed by atoms with Gasteiger partial charge in [0, 0.05) is 17.8 Å². The zero-order valence-electron chi connectivity index (χ0n) is 12.5. The van der Waals surface area contributed by atoms with E-state index in [9.17, 15) is 4.79 Å². The maximum Gasteiger partial charge on any atom is 0.327 e. The molecule has 0 aliphatic carbocycles. The molecule has 0 saturated carbocycles. The quantitative estimate of drug-likeness (QED) is 0.770. The second-order valence-corrected chi connectivity index (χ2v) is 5.33. The van der Waals surface area contributed by atoms with Gasteiger partial charge in [-0.25, -0.2) is 4.79 Å². The van der Waals surface area contributed by atoms with Gasteiger partial charge in [-0.3, -0.25) is 4.68 Å². The van der Waals surface area contributed by atoms with E-state index < -0.39 is 6.04 Å². The van der Waals surface area contributed by atoms with E-state index >= 15 is 0 Å². The molecule has 0 radical (unpaired) electrons. The predicted octanol–water partition coefficient (Wildman–Crippen LogP) is 2.31. The summed E-state index contributed by atoms with van der Waals surface area (Å²) in [5, 5.41) is 7.52. The predicted molar refractivity (Wildman–Crippen MR) is 74.8 cm³/mol. The Hall–Kier alpha value is -1.36. The van der Waals surface area contributed by atoms with Crippen molar-refractivity contribution in [1.29, 1.82) is 0 Å². The number of aromatic nitrogens is 2. The normalized spacial score (nSPS) is 13.0. The van der Waals surface area contributed by atoms with Crippen molar-refractivity contribution < 1.29 is 9.53 Å². The average molecular weight is 267 g/mol. The van der Waals surface area contributed by atoms with Gasteiger partial charge in [0.2, 0.25) is 0 Å². The first-order valence-electron chi connectivity index (χ1n) is 6.89. The maximum absolute atomic E-state index is 12.0. The first-order chi connectivity index (χ1) is 8.95. The lowest BCUT2D eigenvalue weighted by Crippen LogP contribution is -2.32. The van der Waals surface area contributed by atoms with Crippen molar-refractivity contribution in [2.24, 2.45) is 5.92 Å². The zero-order valence-corrected chi connectivity index (χ0v) is 12.5. The molecule has 0 aliphatic heterocycles. The summed E-state index contributed by atoms with van der Waals surface area (Å²) < 4.78 is 6.97. The number of nitrogens with zero attached hydrogens (tertiary/aromatic N) is 2. The van der Waals surface area contributed by atoms with Crippen LogP contribution in [0.2, 0.25) is 0 Å². The third-order valence-electron chi connectivity index (χ3n) is 2.74. The van der Waals surface area contributed by atoms with Crippen LogP contribution in [0.5, 0.6) is 0 Å². The minimum absolute atomic E-state index is 0.244. The van der Waals surface area contributed by atoms with E-state index in [1.807, 2.05) is 17.8 Å². The number of carbonyl (C=O) groups is 1. The number of nitrogens with one attached hydrogen (secondary N) is 1. The van der Waals surface area contributed by atoms with Gasteiger partial charge in [-0.1, -0.05) is 13.8 Å². The largest absolute Gasteiger partial charge is 0.465 e. The highest BCUT2D eigenvalue weighted by Crippen LogP contribution is 2.16. The lowest BCUT2D eigenvalue weighted by atomic mass is 10.1. The third-order valence-corrected chi connectivity index (χ3v) is 2.74. The molecule has 1 heterocycles. The molecule has 1 N–H and O–H groups in total. The van der Waals surface area contributed by atoms with Gasteiger partial charge < -0.3 is 10.1 Å². The van der Waals surface area contributed by atoms with Gasteiger partial charge in [0.15, 0.2) is 0 Å². The lowest BCUT2D eigenvalue weighted by molar-refractivity contribution is -0.145. The van der Waals surface area contributed by atoms with Crippen LogP contribution in [-0.2, 0) is 9.53 Å². The number of hydrogen-bond donors (Lipinski definition) is 1. The molecule has 0 aromatic carbocycles. The van der Waals surface area contributed by atoms with Gasteiger partial charge in [-0.15, -0.1) is 0 Å². The Labute approximate surface area is 115 Å². The summed E-state index contributed by atoms with van der Waals surface area (Å²) in [5.74, 6) is 0.225. The van der Waals surface area contributed by atoms with Gasteiger partial charge in [-0.2, -0.15) is 5.10 Å². The Morgan fingerprint density at radius 2 is 2.11 bits per heavy atom. The Balaban J connectivity index is 2.84. The minimum Gasteiger partial charge on any atom is -0.465 e. The molecule has 0 aliphatic rings. The smallest absolute Gasteiger partial charge is 0.327 e. The van der Waals surface area contributed by atoms with E-state index in [1.54, 1.807) is 6.20 Å². The molecule has 0 fully saturated rings. The molecule has 1 aromatic heterocycles. The highest BCUT2D eigenvalue weighted by molar-refractivity contribution is 5.77. The van der Waals surface area contributed by atoms with E-state index in [-0.39, 0.29) is 12.0 Å². The molecule has 0 saturated heterocycles. The van der Waals surface area contributed by atoms with Crippen LogP contribution in [0.15, 0.2) is 12.4 Å². The Morgan fingerprint density at radius 1 is 1.42 bits per heavy atom. The number of esters is 1. The second kappa shape index (κ2) is 7.28. The van der Waals surface area contributed by atoms with Gasteiger partial charge >= 0.3 is 5.97 Å². The third kappa shape index (κ3) is 4.67. The number of rotatable bonds is 7. The van der Waals surface area contributed by atoms with Crippen LogP contribution < -0.4 is 5.32 Å². The van der Waals surface area contributed by atoms with E-state index in [2.05, 4.69) is 38.1 Å². The molecular weight excluding hydrogens is 242 g/mol. The summed E-state index contributed by atoms with van der Waals surface area (Å²) in [5.41, 5.74) is 0.854. The van der Waals surface area contributed by atoms with Crippen molar-refractivity contribution in [1.82, 2.24) is 15.1 Å². The van der Waals surface area contributed by atoms with Crippen LogP contribution in [0, 0.1) is 5.92 Å². The van der Waals surface area contributed by atoms with E-state index in [1.165, 1.54) is 0 Å². The number of hydrogen-bond acceptors (Lipinski definition) is 4. The Kier molecular flexibility index (Phi) is 6.02. The van der Waals surface area contributed by atoms with Crippen LogP contribution in [0.25, 0.3) is 0 Å². The van der Waals surface area contributed by atoms with Gasteiger partial charge in [0.25, 0.3) is 0 Å². The van der Waals surface area contributed by atoms with Crippen LogP contribution >= 0.6 is 0 Å². The van der Waals surface area contributed by atoms with Crippen LogP contribution in [0.3, 0.4) is 0 Å². The SMILES string of the molecule is CCOC(=O)C(NCC(C)C)c1cnn(C(C)C)c1. The standard InChI is InChI=1S/C14H25N3O2/c1-6-19-14(18)13(15-7-10(2)3)12-8-16-17(9-12)11(4)5/h8-11,13,15H,6-7H2,1-5H3. The molecule has 1 rings (SSSR count). The molecule has 1 atom stereocenters. The molecule has 5 heteroatoms. The van der Waals surface area contributed by atoms with Crippen LogP contribution in [0.1, 0.15) is 52.3 Å². The fourth-order valence-corrected chi connectivity index (χ4v) is 1.70. The van der Waals surface area contributed by atoms with Gasteiger partial charge in [0.05, 0.1) is 12.8 Å². The minimum atomic E-state index is -0.435. The molecule has 0 amide bonds. The molecule has 108 valence electrons. The summed E-state index contributed by atoms with van der Waals surface area (Å²) in [7, 11) is 0. The first-order valence-corrected chi connectivity index (χ1v) is 6.89. The Bertz CT molecular complexity index is 399. The van der Waals surface area contributed by atoms with Crippen molar-refractivity contribution in [2.75, 3.05) is 13.2 Å². The van der Waals surface area contributed by atoms with E-state index in [4.69, 9.17) is 4.74 Å². The van der Waals surface area contributed by atoms with Gasteiger partial charge in [-0.05, 0) is 33.2 Å². The highest BCUT2D eigenvalue weighted by Gasteiger charge is 2.23. The highest BCUT2D eigenvalue weighted by atomic mass is 16.5. The average Bonchev–Trinajstić information content (AvgIpc) is 2.78. The summed E-state index contributed by atoms with van der Waals surface area (Å²) in [6, 6.07) is -0.156. The molecule has 0 bridgehead atoms. The van der Waals surface area contributed by atoms with Crippen molar-refractivity contribution in [3.63, 3.8) is 0 Å². The molecule has 19 heavy (non-hydrogen) atoms. The fourth-order valence-electron chi connectivity index (χ4n) is 1.70. The van der Waals surface area contributed by atoms with E-state index in [0.717, 1.165) is 12.1 Å².